The van der Waals surface area contributed by atoms with Crippen molar-refractivity contribution in [3.8, 4) is 17.2 Å². The predicted molar refractivity (Wildman–Crippen MR) is 117 cm³/mol. The summed E-state index contributed by atoms with van der Waals surface area (Å²) in [6, 6.07) is 9.74. The number of rotatable bonds is 9. The number of nitrogens with zero attached hydrogens (tertiary/aromatic N) is 2. The van der Waals surface area contributed by atoms with Gasteiger partial charge in [-0.2, -0.15) is 4.31 Å². The van der Waals surface area contributed by atoms with E-state index in [9.17, 15) is 13.2 Å². The Kier molecular flexibility index (Phi) is 8.10. The normalized spacial score (nSPS) is 11.3. The maximum Gasteiger partial charge on any atom is 0.243 e. The van der Waals surface area contributed by atoms with Gasteiger partial charge in [0.1, 0.15) is 0 Å². The highest BCUT2D eigenvalue weighted by molar-refractivity contribution is 9.10. The molecule has 0 aliphatic rings. The standard InChI is InChI=1S/C20H25BrN2O6S/c1-22(12-14-10-17(27-3)20(29-5)18(11-14)28-4)19(24)13-23(2)30(25,26)16-8-6-15(21)7-9-16/h6-11H,12-13H2,1-5H3. The van der Waals surface area contributed by atoms with Crippen molar-refractivity contribution in [2.24, 2.45) is 0 Å². The van der Waals surface area contributed by atoms with Crippen molar-refractivity contribution in [2.75, 3.05) is 42.0 Å². The lowest BCUT2D eigenvalue weighted by atomic mass is 10.1. The van der Waals surface area contributed by atoms with E-state index in [-0.39, 0.29) is 23.9 Å². The van der Waals surface area contributed by atoms with E-state index < -0.39 is 10.0 Å². The maximum absolute atomic E-state index is 12.7. The zero-order valence-corrected chi connectivity index (χ0v) is 19.9. The van der Waals surface area contributed by atoms with E-state index in [2.05, 4.69) is 15.9 Å². The molecule has 164 valence electrons. The van der Waals surface area contributed by atoms with Crippen LogP contribution in [0.15, 0.2) is 45.8 Å². The Morgan fingerprint density at radius 3 is 1.97 bits per heavy atom. The Morgan fingerprint density at radius 2 is 1.50 bits per heavy atom. The Labute approximate surface area is 185 Å². The van der Waals surface area contributed by atoms with Crippen LogP contribution < -0.4 is 14.2 Å². The number of methoxy groups -OCH3 is 3. The Bertz CT molecular complexity index is 970. The lowest BCUT2D eigenvalue weighted by molar-refractivity contribution is -0.130. The topological polar surface area (TPSA) is 85.4 Å². The third kappa shape index (κ3) is 5.44. The van der Waals surface area contributed by atoms with Gasteiger partial charge in [0.05, 0.1) is 32.8 Å². The molecule has 0 spiro atoms. The summed E-state index contributed by atoms with van der Waals surface area (Å²) in [5.74, 6) is 1.05. The van der Waals surface area contributed by atoms with E-state index in [1.807, 2.05) is 0 Å². The van der Waals surface area contributed by atoms with Crippen LogP contribution in [0.4, 0.5) is 0 Å². The number of ether oxygens (including phenoxy) is 3. The van der Waals surface area contributed by atoms with E-state index in [0.717, 1.165) is 14.3 Å². The van der Waals surface area contributed by atoms with Gasteiger partial charge in [0.2, 0.25) is 21.7 Å². The minimum atomic E-state index is -3.78. The number of benzene rings is 2. The number of likely N-dealkylation sites (N-methyl/N-ethyl adjacent to an activating group) is 2. The number of sulfonamides is 1. The van der Waals surface area contributed by atoms with Gasteiger partial charge < -0.3 is 19.1 Å². The largest absolute Gasteiger partial charge is 0.493 e. The van der Waals surface area contributed by atoms with Gasteiger partial charge in [0.15, 0.2) is 11.5 Å². The molecule has 0 bridgehead atoms. The molecular weight excluding hydrogens is 476 g/mol. The fourth-order valence-electron chi connectivity index (χ4n) is 2.77. The van der Waals surface area contributed by atoms with Crippen LogP contribution in [0, 0.1) is 0 Å². The molecule has 0 heterocycles. The molecule has 30 heavy (non-hydrogen) atoms. The molecule has 0 atom stereocenters. The average molecular weight is 501 g/mol. The van der Waals surface area contributed by atoms with Crippen LogP contribution in [0.1, 0.15) is 5.56 Å². The second kappa shape index (κ2) is 10.1. The summed E-state index contributed by atoms with van der Waals surface area (Å²) < 4.78 is 43.1. The Balaban J connectivity index is 2.13. The van der Waals surface area contributed by atoms with Crippen molar-refractivity contribution in [1.29, 1.82) is 0 Å². The van der Waals surface area contributed by atoms with E-state index in [0.29, 0.717) is 17.2 Å². The van der Waals surface area contributed by atoms with Gasteiger partial charge in [-0.05, 0) is 42.0 Å². The molecular formula is C20H25BrN2O6S. The van der Waals surface area contributed by atoms with E-state index >= 15 is 0 Å². The molecule has 0 radical (unpaired) electrons. The first-order valence-corrected chi connectivity index (χ1v) is 11.1. The fourth-order valence-corrected chi connectivity index (χ4v) is 4.16. The molecule has 0 aliphatic carbocycles. The maximum atomic E-state index is 12.7. The van der Waals surface area contributed by atoms with E-state index in [1.165, 1.54) is 45.4 Å². The summed E-state index contributed by atoms with van der Waals surface area (Å²) in [4.78, 5) is 14.2. The van der Waals surface area contributed by atoms with Crippen molar-refractivity contribution in [1.82, 2.24) is 9.21 Å². The number of carbonyl (C=O) groups is 1. The lowest BCUT2D eigenvalue weighted by Crippen LogP contribution is -2.39. The van der Waals surface area contributed by atoms with Gasteiger partial charge in [-0.3, -0.25) is 4.79 Å². The summed E-state index contributed by atoms with van der Waals surface area (Å²) in [5, 5.41) is 0. The highest BCUT2D eigenvalue weighted by Gasteiger charge is 2.24. The molecule has 8 nitrogen and oxygen atoms in total. The molecule has 10 heteroatoms. The Morgan fingerprint density at radius 1 is 0.967 bits per heavy atom. The minimum Gasteiger partial charge on any atom is -0.493 e. The quantitative estimate of drug-likeness (QED) is 0.526. The van der Waals surface area contributed by atoms with Gasteiger partial charge in [-0.15, -0.1) is 0 Å². The first kappa shape index (κ1) is 24.0. The van der Waals surface area contributed by atoms with Crippen molar-refractivity contribution in [3.05, 3.63) is 46.4 Å². The summed E-state index contributed by atoms with van der Waals surface area (Å²) in [7, 11) is 3.74. The molecule has 0 saturated carbocycles. The summed E-state index contributed by atoms with van der Waals surface area (Å²) in [5.41, 5.74) is 0.749. The van der Waals surface area contributed by atoms with Crippen molar-refractivity contribution in [2.45, 2.75) is 11.4 Å². The summed E-state index contributed by atoms with van der Waals surface area (Å²) in [6.45, 7) is -0.0545. The smallest absolute Gasteiger partial charge is 0.243 e. The molecule has 2 rings (SSSR count). The number of amides is 1. The first-order chi connectivity index (χ1) is 14.1. The average Bonchev–Trinajstić information content (AvgIpc) is 2.72. The number of hydrogen-bond donors (Lipinski definition) is 0. The molecule has 0 fully saturated rings. The van der Waals surface area contributed by atoms with Gasteiger partial charge >= 0.3 is 0 Å². The van der Waals surface area contributed by atoms with Crippen LogP contribution in [0.25, 0.3) is 0 Å². The van der Waals surface area contributed by atoms with Crippen molar-refractivity contribution >= 4 is 31.9 Å². The minimum absolute atomic E-state index is 0.119. The third-order valence-corrected chi connectivity index (χ3v) is 6.80. The van der Waals surface area contributed by atoms with Crippen LogP contribution in [-0.4, -0.2) is 65.5 Å². The van der Waals surface area contributed by atoms with Crippen molar-refractivity contribution < 1.29 is 27.4 Å². The highest BCUT2D eigenvalue weighted by Crippen LogP contribution is 2.38. The van der Waals surface area contributed by atoms with Gasteiger partial charge in [-0.1, -0.05) is 15.9 Å². The molecule has 0 unspecified atom stereocenters. The number of carbonyl (C=O) groups excluding carboxylic acids is 1. The molecule has 0 aliphatic heterocycles. The second-order valence-corrected chi connectivity index (χ2v) is 9.46. The third-order valence-electron chi connectivity index (χ3n) is 4.45. The molecule has 0 N–H and O–H groups in total. The Hall–Kier alpha value is -2.30. The van der Waals surface area contributed by atoms with E-state index in [4.69, 9.17) is 14.2 Å². The monoisotopic (exact) mass is 500 g/mol. The fraction of sp³-hybridized carbons (Fsp3) is 0.350. The number of halogens is 1. The van der Waals surface area contributed by atoms with Crippen LogP contribution in [0.5, 0.6) is 17.2 Å². The highest BCUT2D eigenvalue weighted by atomic mass is 79.9. The second-order valence-electron chi connectivity index (χ2n) is 6.50. The van der Waals surface area contributed by atoms with Crippen molar-refractivity contribution in [3.63, 3.8) is 0 Å². The van der Waals surface area contributed by atoms with Crippen LogP contribution in [0.2, 0.25) is 0 Å². The van der Waals surface area contributed by atoms with Gasteiger partial charge in [0.25, 0.3) is 0 Å². The molecule has 0 saturated heterocycles. The molecule has 2 aromatic rings. The van der Waals surface area contributed by atoms with Gasteiger partial charge in [0, 0.05) is 25.1 Å². The summed E-state index contributed by atoms with van der Waals surface area (Å²) in [6.07, 6.45) is 0. The molecule has 2 aromatic carbocycles. The molecule has 0 aromatic heterocycles. The molecule has 1 amide bonds. The van der Waals surface area contributed by atoms with Crippen LogP contribution >= 0.6 is 15.9 Å². The summed E-state index contributed by atoms with van der Waals surface area (Å²) >= 11 is 3.27. The lowest BCUT2D eigenvalue weighted by Gasteiger charge is -2.23. The van der Waals surface area contributed by atoms with Crippen LogP contribution in [0.3, 0.4) is 0 Å². The van der Waals surface area contributed by atoms with Gasteiger partial charge in [-0.25, -0.2) is 8.42 Å². The zero-order chi connectivity index (χ0) is 22.5. The number of hydrogen-bond acceptors (Lipinski definition) is 6. The first-order valence-electron chi connectivity index (χ1n) is 8.88. The SMILES string of the molecule is COc1cc(CN(C)C(=O)CN(C)S(=O)(=O)c2ccc(Br)cc2)cc(OC)c1OC. The van der Waals surface area contributed by atoms with Crippen LogP contribution in [-0.2, 0) is 21.4 Å². The zero-order valence-electron chi connectivity index (χ0n) is 17.5. The predicted octanol–water partition coefficient (Wildman–Crippen LogP) is 2.75. The van der Waals surface area contributed by atoms with E-state index in [1.54, 1.807) is 31.3 Å².